The first-order chi connectivity index (χ1) is 29.3. The van der Waals surface area contributed by atoms with Gasteiger partial charge in [0.1, 0.15) is 24.7 Å². The molecule has 0 saturated carbocycles. The molecule has 60 heavy (non-hydrogen) atoms. The van der Waals surface area contributed by atoms with Gasteiger partial charge in [0.25, 0.3) is 5.91 Å². The van der Waals surface area contributed by atoms with Gasteiger partial charge in [-0.2, -0.15) is 0 Å². The van der Waals surface area contributed by atoms with Crippen molar-refractivity contribution in [2.24, 2.45) is 15.9 Å². The van der Waals surface area contributed by atoms with Gasteiger partial charge in [0.2, 0.25) is 0 Å². The molecule has 5 aromatic rings. The van der Waals surface area contributed by atoms with Gasteiger partial charge in [-0.3, -0.25) is 29.3 Å². The first-order valence-corrected chi connectivity index (χ1v) is 20.3. The molecular formula is C49H45N3O8. The standard InChI is InChI=1S/C49H45N3O8/c1-29-16-39-41(51-26-35-21-33-11-5-7-13-42(33)52(35)49(39)55)23-43(29)59-27-30-17-31(19-36(18-30)58-15-9-8-14-46(53)57-3)28-60-45-24-40-38(22-44(45)56-2)48(54)47-34(25-50-40)20-32-10-4-6-12-37(32)47/h4-7,10-13,16-19,22-26,34-35,47H,8-9,14-15,20-21,27-28H2,1-3H3/t34-,35-,47?/m0/s1. The summed E-state index contributed by atoms with van der Waals surface area (Å²) < 4.78 is 29.6. The average Bonchev–Trinajstić information content (AvgIpc) is 3.76. The number of benzene rings is 5. The van der Waals surface area contributed by atoms with Crippen molar-refractivity contribution in [2.75, 3.05) is 25.7 Å². The van der Waals surface area contributed by atoms with Crippen LogP contribution in [-0.2, 0) is 35.6 Å². The molecule has 0 saturated heterocycles. The molecule has 1 unspecified atom stereocenters. The van der Waals surface area contributed by atoms with Gasteiger partial charge in [-0.1, -0.05) is 42.5 Å². The zero-order valence-electron chi connectivity index (χ0n) is 33.8. The van der Waals surface area contributed by atoms with Gasteiger partial charge in [0.15, 0.2) is 17.3 Å². The highest BCUT2D eigenvalue weighted by Gasteiger charge is 2.40. The third-order valence-corrected chi connectivity index (χ3v) is 11.7. The minimum Gasteiger partial charge on any atom is -0.494 e. The number of amides is 1. The van der Waals surface area contributed by atoms with E-state index in [1.165, 1.54) is 12.7 Å². The summed E-state index contributed by atoms with van der Waals surface area (Å²) in [6, 6.07) is 29.0. The molecule has 0 radical (unpaired) electrons. The number of hydrogen-bond acceptors (Lipinski definition) is 10. The van der Waals surface area contributed by atoms with Gasteiger partial charge in [-0.15, -0.1) is 0 Å². The number of anilines is 1. The molecule has 11 nitrogen and oxygen atoms in total. The Morgan fingerprint density at radius 2 is 1.45 bits per heavy atom. The van der Waals surface area contributed by atoms with Crippen molar-refractivity contribution >= 4 is 47.2 Å². The molecule has 4 aliphatic rings. The second-order valence-corrected chi connectivity index (χ2v) is 15.6. The summed E-state index contributed by atoms with van der Waals surface area (Å²) in [7, 11) is 2.94. The maximum Gasteiger partial charge on any atom is 0.305 e. The van der Waals surface area contributed by atoms with E-state index in [1.54, 1.807) is 19.2 Å². The van der Waals surface area contributed by atoms with Gasteiger partial charge in [-0.05, 0) is 96.0 Å². The second-order valence-electron chi connectivity index (χ2n) is 15.6. The number of ketones is 1. The number of carbonyl (C=O) groups is 3. The van der Waals surface area contributed by atoms with Crippen molar-refractivity contribution in [3.05, 3.63) is 136 Å². The van der Waals surface area contributed by atoms with E-state index in [-0.39, 0.29) is 48.8 Å². The highest BCUT2D eigenvalue weighted by atomic mass is 16.5. The van der Waals surface area contributed by atoms with Crippen LogP contribution in [0.3, 0.4) is 0 Å². The molecule has 0 aromatic heterocycles. The lowest BCUT2D eigenvalue weighted by Gasteiger charge is -2.22. The summed E-state index contributed by atoms with van der Waals surface area (Å²) in [6.07, 6.45) is 6.88. The Labute approximate surface area is 348 Å². The summed E-state index contributed by atoms with van der Waals surface area (Å²) in [5, 5.41) is 0. The zero-order valence-corrected chi connectivity index (χ0v) is 33.8. The molecule has 3 aliphatic heterocycles. The van der Waals surface area contributed by atoms with E-state index in [9.17, 15) is 14.4 Å². The van der Waals surface area contributed by atoms with Crippen molar-refractivity contribution < 1.29 is 38.1 Å². The Bertz CT molecular complexity index is 2580. The molecule has 3 heterocycles. The fraction of sp³-hybridized carbons (Fsp3) is 0.286. The fourth-order valence-corrected chi connectivity index (χ4v) is 8.73. The maximum absolute atomic E-state index is 14.0. The molecule has 0 bridgehead atoms. The number of methoxy groups -OCH3 is 2. The van der Waals surface area contributed by atoms with Crippen LogP contribution in [0.25, 0.3) is 0 Å². The minimum absolute atomic E-state index is 0.0119. The topological polar surface area (TPSA) is 125 Å². The van der Waals surface area contributed by atoms with Crippen LogP contribution in [0.4, 0.5) is 17.1 Å². The van der Waals surface area contributed by atoms with E-state index in [0.29, 0.717) is 71.4 Å². The molecule has 0 N–H and O–H groups in total. The van der Waals surface area contributed by atoms with Crippen LogP contribution in [0.2, 0.25) is 0 Å². The highest BCUT2D eigenvalue weighted by molar-refractivity contribution is 6.14. The molecule has 3 atom stereocenters. The Morgan fingerprint density at radius 3 is 2.25 bits per heavy atom. The van der Waals surface area contributed by atoms with Crippen molar-refractivity contribution in [3.8, 4) is 23.0 Å². The lowest BCUT2D eigenvalue weighted by Crippen LogP contribution is -2.37. The summed E-state index contributed by atoms with van der Waals surface area (Å²) in [5.74, 6) is 1.54. The number of aryl methyl sites for hydroxylation is 1. The smallest absolute Gasteiger partial charge is 0.305 e. The molecule has 0 spiro atoms. The van der Waals surface area contributed by atoms with E-state index in [4.69, 9.17) is 33.7 Å². The van der Waals surface area contributed by atoms with E-state index in [0.717, 1.165) is 46.3 Å². The first kappa shape index (κ1) is 38.8. The molecule has 1 aliphatic carbocycles. The number of esters is 1. The number of ether oxygens (including phenoxy) is 5. The van der Waals surface area contributed by atoms with Crippen molar-refractivity contribution in [3.63, 3.8) is 0 Å². The van der Waals surface area contributed by atoms with E-state index in [2.05, 4.69) is 12.1 Å². The Morgan fingerprint density at radius 1 is 0.733 bits per heavy atom. The predicted molar refractivity (Wildman–Crippen MR) is 228 cm³/mol. The first-order valence-electron chi connectivity index (χ1n) is 20.3. The number of Topliss-reactive ketones (excluding diaryl/α,β-unsaturated/α-hetero) is 1. The van der Waals surface area contributed by atoms with Crippen molar-refractivity contribution in [1.82, 2.24) is 0 Å². The van der Waals surface area contributed by atoms with Gasteiger partial charge < -0.3 is 23.7 Å². The van der Waals surface area contributed by atoms with Gasteiger partial charge in [0.05, 0.1) is 49.7 Å². The number of rotatable bonds is 13. The van der Waals surface area contributed by atoms with Crippen LogP contribution in [-0.4, -0.2) is 57.0 Å². The minimum atomic E-state index is -0.285. The summed E-state index contributed by atoms with van der Waals surface area (Å²) in [6.45, 7) is 2.69. The number of hydrogen-bond donors (Lipinski definition) is 0. The van der Waals surface area contributed by atoms with Gasteiger partial charge in [-0.25, -0.2) is 0 Å². The van der Waals surface area contributed by atoms with E-state index >= 15 is 0 Å². The number of carbonyl (C=O) groups excluding carboxylic acids is 3. The number of para-hydroxylation sites is 1. The third kappa shape index (κ3) is 7.51. The Hall–Kier alpha value is -6.75. The Kier molecular flexibility index (Phi) is 10.6. The quantitative estimate of drug-likeness (QED) is 0.0853. The number of unbranched alkanes of at least 4 members (excludes halogenated alkanes) is 1. The van der Waals surface area contributed by atoms with Crippen LogP contribution in [0, 0.1) is 12.8 Å². The molecule has 1 amide bonds. The summed E-state index contributed by atoms with van der Waals surface area (Å²) in [5.41, 5.74) is 8.94. The van der Waals surface area contributed by atoms with Crippen LogP contribution in [0.15, 0.2) is 101 Å². The molecule has 5 aromatic carbocycles. The average molecular weight is 804 g/mol. The van der Waals surface area contributed by atoms with Crippen molar-refractivity contribution in [1.29, 1.82) is 0 Å². The van der Waals surface area contributed by atoms with E-state index in [1.807, 2.05) is 91.0 Å². The largest absolute Gasteiger partial charge is 0.494 e. The van der Waals surface area contributed by atoms with Crippen LogP contribution >= 0.6 is 0 Å². The number of fused-ring (bicyclic) bond motifs is 8. The second kappa shape index (κ2) is 16.5. The van der Waals surface area contributed by atoms with Gasteiger partial charge >= 0.3 is 5.97 Å². The zero-order chi connectivity index (χ0) is 41.3. The highest BCUT2D eigenvalue weighted by Crippen LogP contribution is 2.46. The fourth-order valence-electron chi connectivity index (χ4n) is 8.73. The molecule has 304 valence electrons. The molecule has 0 fully saturated rings. The summed E-state index contributed by atoms with van der Waals surface area (Å²) in [4.78, 5) is 50.9. The normalized spacial score (nSPS) is 18.0. The van der Waals surface area contributed by atoms with Gasteiger partial charge in [0, 0.05) is 54.6 Å². The van der Waals surface area contributed by atoms with E-state index < -0.39 is 0 Å². The maximum atomic E-state index is 14.0. The Balaban J connectivity index is 0.942. The van der Waals surface area contributed by atoms with Crippen LogP contribution < -0.4 is 23.8 Å². The molecule has 11 heteroatoms. The third-order valence-electron chi connectivity index (χ3n) is 11.7. The van der Waals surface area contributed by atoms with Crippen LogP contribution in [0.5, 0.6) is 23.0 Å². The summed E-state index contributed by atoms with van der Waals surface area (Å²) >= 11 is 0. The van der Waals surface area contributed by atoms with Crippen LogP contribution in [0.1, 0.15) is 79.3 Å². The lowest BCUT2D eigenvalue weighted by atomic mass is 9.86. The number of aliphatic imine (C=N–C) groups is 2. The van der Waals surface area contributed by atoms with Crippen molar-refractivity contribution in [2.45, 2.75) is 64.2 Å². The predicted octanol–water partition coefficient (Wildman–Crippen LogP) is 9.03. The molecule has 9 rings (SSSR count). The SMILES string of the molecule is COC(=O)CCCCOc1cc(COc2cc3c(cc2C)C(=O)N2c4ccccc4C[C@H]2C=N3)cc(COc2cc3c(cc2OC)C(=O)C2c4ccccc4C[C@H]2C=N3)c1. The number of nitrogens with zero attached hydrogens (tertiary/aromatic N) is 3. The monoisotopic (exact) mass is 803 g/mol. The lowest BCUT2D eigenvalue weighted by molar-refractivity contribution is -0.140. The molecular weight excluding hydrogens is 759 g/mol.